The number of ether oxygens (including phenoxy) is 2. The molecule has 0 spiro atoms. The van der Waals surface area contributed by atoms with Gasteiger partial charge in [0, 0.05) is 21.3 Å². The van der Waals surface area contributed by atoms with Crippen LogP contribution in [0.15, 0.2) is 50.6 Å². The van der Waals surface area contributed by atoms with Crippen molar-refractivity contribution >= 4 is 30.1 Å². The summed E-state index contributed by atoms with van der Waals surface area (Å²) in [7, 11) is -2.83. The molecule has 1 aliphatic heterocycles. The lowest BCUT2D eigenvalue weighted by atomic mass is 9.98. The summed E-state index contributed by atoms with van der Waals surface area (Å²) in [6.07, 6.45) is -4.18. The average Bonchev–Trinajstić information content (AvgIpc) is 3.03. The molecule has 0 aliphatic carbocycles. The molecule has 1 saturated heterocycles. The first-order valence-corrected chi connectivity index (χ1v) is 13.1. The first-order chi connectivity index (χ1) is 17.3. The predicted octanol–water partition coefficient (Wildman–Crippen LogP) is 2.60. The van der Waals surface area contributed by atoms with Gasteiger partial charge in [-0.15, -0.1) is 0 Å². The maximum Gasteiger partial charge on any atom is 0.693 e. The van der Waals surface area contributed by atoms with Crippen molar-refractivity contribution in [1.29, 1.82) is 0 Å². The molecule has 202 valence electrons. The number of esters is 1. The van der Waals surface area contributed by atoms with Gasteiger partial charge in [-0.25, -0.2) is 13.7 Å². The Bertz CT molecular complexity index is 1240. The van der Waals surface area contributed by atoms with E-state index in [0.717, 1.165) is 33.1 Å². The van der Waals surface area contributed by atoms with Crippen LogP contribution in [-0.2, 0) is 23.7 Å². The van der Waals surface area contributed by atoms with Gasteiger partial charge in [-0.3, -0.25) is 24.0 Å². The molecule has 1 fully saturated rings. The molecule has 0 amide bonds. The number of nitrogens with one attached hydrogen (secondary N) is 1. The third kappa shape index (κ3) is 6.89. The van der Waals surface area contributed by atoms with E-state index in [2.05, 4.69) is 15.9 Å². The summed E-state index contributed by atoms with van der Waals surface area (Å²) >= 11 is 3.28. The molecule has 0 bridgehead atoms. The number of rotatable bonds is 10. The summed E-state index contributed by atoms with van der Waals surface area (Å²) in [5, 5.41) is 10.6. The summed E-state index contributed by atoms with van der Waals surface area (Å²) < 4.78 is 46.2. The quantitative estimate of drug-likeness (QED) is 0.235. The Hall–Kier alpha value is -2.48. The van der Waals surface area contributed by atoms with Crippen molar-refractivity contribution in [1.82, 2.24) is 14.4 Å². The topological polar surface area (TPSA) is 149 Å². The number of carbonyl (C=O) groups is 1. The van der Waals surface area contributed by atoms with Crippen molar-refractivity contribution in [2.75, 3.05) is 6.61 Å². The van der Waals surface area contributed by atoms with Crippen molar-refractivity contribution in [3.63, 3.8) is 0 Å². The van der Waals surface area contributed by atoms with Crippen LogP contribution in [0.3, 0.4) is 0 Å². The maximum atomic E-state index is 15.5. The van der Waals surface area contributed by atoms with Gasteiger partial charge in [0.05, 0.1) is 10.9 Å². The Labute approximate surface area is 220 Å². The lowest BCUT2D eigenvalue weighted by molar-refractivity contribution is -0.183. The fourth-order valence-corrected chi connectivity index (χ4v) is 4.64. The zero-order chi connectivity index (χ0) is 27.5. The molecule has 0 radical (unpaired) electrons. The number of aromatic nitrogens is 2. The van der Waals surface area contributed by atoms with Crippen molar-refractivity contribution in [3.05, 3.63) is 61.8 Å². The molecular weight excluding hydrogens is 580 g/mol. The number of hydrogen-bond acceptors (Lipinski definition) is 9. The van der Waals surface area contributed by atoms with Crippen LogP contribution in [0.5, 0.6) is 5.75 Å². The van der Waals surface area contributed by atoms with Gasteiger partial charge in [-0.1, -0.05) is 15.9 Å². The molecule has 15 heteroatoms. The molecule has 2 aromatic rings. The number of halogens is 2. The van der Waals surface area contributed by atoms with E-state index in [1.54, 1.807) is 26.0 Å². The van der Waals surface area contributed by atoms with Crippen molar-refractivity contribution in [3.8, 4) is 5.75 Å². The van der Waals surface area contributed by atoms with Gasteiger partial charge in [0.15, 0.2) is 23.7 Å². The molecule has 0 saturated carbocycles. The summed E-state index contributed by atoms with van der Waals surface area (Å²) in [6, 6.07) is 6.17. The van der Waals surface area contributed by atoms with E-state index < -0.39 is 68.3 Å². The Kier molecular flexibility index (Phi) is 9.37. The van der Waals surface area contributed by atoms with Gasteiger partial charge < -0.3 is 14.6 Å². The molecule has 3 rings (SSSR count). The smallest absolute Gasteiger partial charge is 0.462 e. The van der Waals surface area contributed by atoms with Crippen LogP contribution >= 0.6 is 24.1 Å². The molecule has 1 aromatic heterocycles. The van der Waals surface area contributed by atoms with Crippen LogP contribution in [0.2, 0.25) is 0 Å². The molecule has 12 nitrogen and oxygen atoms in total. The van der Waals surface area contributed by atoms with Crippen LogP contribution in [0.25, 0.3) is 0 Å². The SMILES string of the molecule is CC(C)OC(=O)C(C)N(OC[C@H]1O[C@@H](n2ccc(=O)[nH]c2=O)[C@](C)(F)[C@@H]1O)[P+](=O)Oc1ccc(Br)cc1. The summed E-state index contributed by atoms with van der Waals surface area (Å²) in [5.41, 5.74) is -4.10. The number of aromatic amines is 1. The standard InChI is InChI=1S/C22H26BrFN3O9P/c1-12(2)34-19(30)13(3)27(37(32)36-15-7-5-14(23)6-8-15)33-11-16-18(29)22(4,24)20(35-16)26-10-9-17(28)25-21(26)31/h5-10,12-13,16,18,20,29H,11H2,1-4H3/p+1/t13?,16-,18-,20-,22-/m1/s1. The molecule has 6 atom stereocenters. The normalized spacial score (nSPS) is 24.8. The van der Waals surface area contributed by atoms with Crippen molar-refractivity contribution < 1.29 is 37.7 Å². The highest BCUT2D eigenvalue weighted by molar-refractivity contribution is 9.10. The number of benzene rings is 1. The minimum absolute atomic E-state index is 0.216. The predicted molar refractivity (Wildman–Crippen MR) is 132 cm³/mol. The van der Waals surface area contributed by atoms with Crippen LogP contribution in [0.4, 0.5) is 4.39 Å². The lowest BCUT2D eigenvalue weighted by Gasteiger charge is -2.24. The van der Waals surface area contributed by atoms with E-state index in [1.165, 1.54) is 19.1 Å². The maximum absolute atomic E-state index is 15.5. The lowest BCUT2D eigenvalue weighted by Crippen LogP contribution is -2.44. The summed E-state index contributed by atoms with van der Waals surface area (Å²) in [6.45, 7) is 5.10. The second-order valence-corrected chi connectivity index (χ2v) is 10.7. The van der Waals surface area contributed by atoms with E-state index in [1.807, 2.05) is 4.98 Å². The number of aliphatic hydroxyl groups is 1. The largest absolute Gasteiger partial charge is 0.693 e. The number of hydroxylamine groups is 1. The van der Waals surface area contributed by atoms with E-state index >= 15 is 4.39 Å². The van der Waals surface area contributed by atoms with E-state index in [0.29, 0.717) is 0 Å². The van der Waals surface area contributed by atoms with Crippen LogP contribution < -0.4 is 15.8 Å². The van der Waals surface area contributed by atoms with E-state index in [9.17, 15) is 24.1 Å². The number of alkyl halides is 1. The van der Waals surface area contributed by atoms with Gasteiger partial charge in [-0.05, 0) is 52.0 Å². The van der Waals surface area contributed by atoms with Gasteiger partial charge in [0.1, 0.15) is 18.8 Å². The highest BCUT2D eigenvalue weighted by Gasteiger charge is 2.56. The average molecular weight is 607 g/mol. The van der Waals surface area contributed by atoms with Gasteiger partial charge in [-0.2, -0.15) is 0 Å². The second kappa shape index (κ2) is 11.9. The Morgan fingerprint density at radius 3 is 2.54 bits per heavy atom. The minimum Gasteiger partial charge on any atom is -0.462 e. The summed E-state index contributed by atoms with van der Waals surface area (Å²) in [5.74, 6) is -0.549. The molecular formula is C22H27BrFN3O9P+. The molecule has 37 heavy (non-hydrogen) atoms. The molecule has 2 unspecified atom stereocenters. The molecule has 1 aromatic carbocycles. The monoisotopic (exact) mass is 606 g/mol. The zero-order valence-corrected chi connectivity index (χ0v) is 22.8. The first kappa shape index (κ1) is 29.1. The minimum atomic E-state index is -2.83. The number of aliphatic hydroxyl groups excluding tert-OH is 1. The van der Waals surface area contributed by atoms with Crippen molar-refractivity contribution in [2.45, 2.75) is 63.9 Å². The number of carbonyl (C=O) groups excluding carboxylic acids is 1. The fourth-order valence-electron chi connectivity index (χ4n) is 3.46. The Balaban J connectivity index is 1.80. The Morgan fingerprint density at radius 2 is 1.95 bits per heavy atom. The van der Waals surface area contributed by atoms with Crippen LogP contribution in [0, 0.1) is 0 Å². The van der Waals surface area contributed by atoms with E-state index in [4.69, 9.17) is 18.8 Å². The van der Waals surface area contributed by atoms with Crippen LogP contribution in [-0.4, -0.2) is 62.1 Å². The van der Waals surface area contributed by atoms with E-state index in [-0.39, 0.29) is 5.75 Å². The van der Waals surface area contributed by atoms with Gasteiger partial charge in [0.2, 0.25) is 0 Å². The third-order valence-corrected chi connectivity index (χ3v) is 7.05. The third-order valence-electron chi connectivity index (χ3n) is 5.37. The first-order valence-electron chi connectivity index (χ1n) is 11.2. The van der Waals surface area contributed by atoms with Gasteiger partial charge in [0.25, 0.3) is 5.56 Å². The molecule has 2 N–H and O–H groups in total. The fraction of sp³-hybridized carbons (Fsp3) is 0.500. The van der Waals surface area contributed by atoms with Gasteiger partial charge >= 0.3 is 19.8 Å². The van der Waals surface area contributed by atoms with Crippen LogP contribution in [0.1, 0.15) is 33.9 Å². The number of hydrogen-bond donors (Lipinski definition) is 2. The van der Waals surface area contributed by atoms with Crippen molar-refractivity contribution in [2.24, 2.45) is 0 Å². The molecule has 1 aliphatic rings. The Morgan fingerprint density at radius 1 is 1.30 bits per heavy atom. The highest BCUT2D eigenvalue weighted by Crippen LogP contribution is 2.41. The summed E-state index contributed by atoms with van der Waals surface area (Å²) in [4.78, 5) is 44.3. The molecule has 2 heterocycles. The second-order valence-electron chi connectivity index (χ2n) is 8.68. The zero-order valence-electron chi connectivity index (χ0n) is 20.4. The number of nitrogens with zero attached hydrogens (tertiary/aromatic N) is 2. The highest BCUT2D eigenvalue weighted by atomic mass is 79.9. The number of H-pyrrole nitrogens is 1.